The van der Waals surface area contributed by atoms with Gasteiger partial charge in [-0.05, 0) is 88.8 Å². The zero-order valence-corrected chi connectivity index (χ0v) is 26.5. The number of nitrogens with zero attached hydrogens (tertiary/aromatic N) is 2. The number of amides is 2. The third kappa shape index (κ3) is 8.63. The quantitative estimate of drug-likeness (QED) is 0.0918. The Balaban J connectivity index is 1.47. The van der Waals surface area contributed by atoms with Gasteiger partial charge in [0.05, 0.1) is 5.56 Å². The number of ether oxygens (including phenoxy) is 2. The average molecular weight is 649 g/mol. The van der Waals surface area contributed by atoms with Crippen LogP contribution in [0.25, 0.3) is 33.4 Å². The van der Waals surface area contributed by atoms with Crippen LogP contribution in [0, 0.1) is 0 Å². The molecule has 1 aliphatic carbocycles. The van der Waals surface area contributed by atoms with Crippen molar-refractivity contribution >= 4 is 52.1 Å². The molecule has 4 rings (SSSR count). The number of hydrogen-bond donors (Lipinski definition) is 4. The van der Waals surface area contributed by atoms with Crippen molar-refractivity contribution in [2.24, 2.45) is 10.2 Å². The number of carbonyl (C=O) groups is 3. The fraction of sp³-hybridized carbons (Fsp3) is 0.281. The summed E-state index contributed by atoms with van der Waals surface area (Å²) >= 11 is 5.38. The van der Waals surface area contributed by atoms with E-state index in [0.717, 1.165) is 0 Å². The lowest BCUT2D eigenvalue weighted by Crippen LogP contribution is -2.35. The number of carboxylic acid groups (broad SMARTS) is 1. The highest BCUT2D eigenvalue weighted by Gasteiger charge is 2.25. The molecule has 0 bridgehead atoms. The van der Waals surface area contributed by atoms with Gasteiger partial charge in [-0.1, -0.05) is 16.3 Å². The Morgan fingerprint density at radius 2 is 1.59 bits per heavy atom. The van der Waals surface area contributed by atoms with E-state index in [9.17, 15) is 29.4 Å². The number of carbonyl (C=O) groups excluding carboxylic acids is 2. The molecule has 0 saturated carbocycles. The topological polar surface area (TPSA) is 189 Å². The van der Waals surface area contributed by atoms with Gasteiger partial charge >= 0.3 is 18.2 Å². The minimum absolute atomic E-state index is 0.0468. The van der Waals surface area contributed by atoms with Gasteiger partial charge in [0.25, 0.3) is 0 Å². The maximum absolute atomic E-state index is 12.5. The number of phenols is 1. The van der Waals surface area contributed by atoms with E-state index in [4.69, 9.17) is 26.1 Å². The Kier molecular flexibility index (Phi) is 9.71. The summed E-state index contributed by atoms with van der Waals surface area (Å²) in [5, 5.41) is 33.3. The normalized spacial score (nSPS) is 11.8. The first-order chi connectivity index (χ1) is 21.5. The summed E-state index contributed by atoms with van der Waals surface area (Å²) in [6, 6.07) is 13.4. The minimum Gasteiger partial charge on any atom is -0.508 e. The van der Waals surface area contributed by atoms with Crippen LogP contribution in [0.15, 0.2) is 74.0 Å². The lowest BCUT2D eigenvalue weighted by molar-refractivity contribution is 0.0373. The second-order valence-electron chi connectivity index (χ2n) is 11.8. The Bertz CT molecular complexity index is 1890. The van der Waals surface area contributed by atoms with Crippen molar-refractivity contribution in [1.82, 2.24) is 5.32 Å². The summed E-state index contributed by atoms with van der Waals surface area (Å²) in [5.41, 5.74) is -0.0536. The molecule has 2 aromatic rings. The second kappa shape index (κ2) is 13.3. The first-order valence-electron chi connectivity index (χ1n) is 14.0. The molecule has 13 nitrogen and oxygen atoms in total. The second-order valence-corrected chi connectivity index (χ2v) is 12.2. The molecule has 240 valence electrons. The van der Waals surface area contributed by atoms with Crippen molar-refractivity contribution in [1.29, 1.82) is 0 Å². The van der Waals surface area contributed by atoms with Gasteiger partial charge in [-0.2, -0.15) is 0 Å². The molecule has 0 spiro atoms. The maximum Gasteiger partial charge on any atom is 0.453 e. The van der Waals surface area contributed by atoms with E-state index < -0.39 is 29.4 Å². The number of anilines is 1. The van der Waals surface area contributed by atoms with Crippen molar-refractivity contribution in [2.75, 3.05) is 11.9 Å². The molecule has 0 aromatic heterocycles. The molecule has 0 saturated heterocycles. The van der Waals surface area contributed by atoms with E-state index in [1.165, 1.54) is 30.3 Å². The largest absolute Gasteiger partial charge is 0.508 e. The van der Waals surface area contributed by atoms with Crippen molar-refractivity contribution in [3.8, 4) is 28.2 Å². The summed E-state index contributed by atoms with van der Waals surface area (Å²) in [5.74, 6) is -1.01. The summed E-state index contributed by atoms with van der Waals surface area (Å²) in [4.78, 5) is 48.2. The molecule has 0 unspecified atom stereocenters. The lowest BCUT2D eigenvalue weighted by Gasteiger charge is -2.24. The fourth-order valence-electron chi connectivity index (χ4n) is 4.49. The maximum atomic E-state index is 12.5. The number of thiocarbonyl (C=S) groups is 1. The van der Waals surface area contributed by atoms with Crippen LogP contribution in [0.3, 0.4) is 0 Å². The first kappa shape index (κ1) is 33.5. The number of aromatic carboxylic acids is 1. The third-order valence-electron chi connectivity index (χ3n) is 6.44. The predicted octanol–water partition coefficient (Wildman–Crippen LogP) is 6.95. The van der Waals surface area contributed by atoms with Crippen LogP contribution in [-0.4, -0.2) is 51.2 Å². The van der Waals surface area contributed by atoms with Crippen molar-refractivity contribution in [3.63, 3.8) is 0 Å². The zero-order valence-electron chi connectivity index (χ0n) is 25.7. The van der Waals surface area contributed by atoms with Crippen LogP contribution in [-0.2, 0) is 9.47 Å². The number of nitrogens with one attached hydrogen (secondary N) is 2. The van der Waals surface area contributed by atoms with Crippen LogP contribution in [0.4, 0.5) is 15.3 Å². The number of aromatic hydroxyl groups is 1. The fourth-order valence-corrected chi connectivity index (χ4v) is 4.71. The van der Waals surface area contributed by atoms with Gasteiger partial charge in [0, 0.05) is 47.3 Å². The average Bonchev–Trinajstić information content (AvgIpc) is 2.93. The van der Waals surface area contributed by atoms with E-state index in [0.29, 0.717) is 34.2 Å². The Labute approximate surface area is 268 Å². The predicted molar refractivity (Wildman–Crippen MR) is 174 cm³/mol. The number of carboxylic acids is 1. The summed E-state index contributed by atoms with van der Waals surface area (Å²) in [6.07, 6.45) is -1.78. The smallest absolute Gasteiger partial charge is 0.453 e. The summed E-state index contributed by atoms with van der Waals surface area (Å²) < 4.78 is 16.1. The zero-order chi connectivity index (χ0) is 33.8. The Hall–Kier alpha value is -5.37. The summed E-state index contributed by atoms with van der Waals surface area (Å²) in [6.45, 7) is 8.51. The standard InChI is InChI=1S/C32H32N4O9S/c1-31(2,3)44-29(41)35-36-30(42)45-32(4,5)12-13-33-28(46)34-17-6-9-20(23(14-17)27(39)40)26-21-10-7-18(37)15-24(21)43-25-16-19(38)8-11-22(25)26/h6-11,14-16,37H,12-13H2,1-5H3,(H,39,40)(H2,33,34,46). The van der Waals surface area contributed by atoms with Gasteiger partial charge in [0.2, 0.25) is 0 Å². The number of benzene rings is 3. The van der Waals surface area contributed by atoms with Crippen LogP contribution in [0.5, 0.6) is 5.75 Å². The van der Waals surface area contributed by atoms with Gasteiger partial charge in [-0.3, -0.25) is 4.79 Å². The molecular formula is C32H32N4O9S. The molecule has 1 heterocycles. The molecule has 4 N–H and O–H groups in total. The van der Waals surface area contributed by atoms with E-state index >= 15 is 0 Å². The molecule has 2 aromatic carbocycles. The molecule has 14 heteroatoms. The molecule has 2 aliphatic rings. The monoisotopic (exact) mass is 648 g/mol. The number of rotatable bonds is 7. The number of hydrogen-bond acceptors (Lipinski definition) is 9. The minimum atomic E-state index is -1.20. The number of fused-ring (bicyclic) bond motifs is 2. The van der Waals surface area contributed by atoms with Crippen molar-refractivity contribution in [2.45, 2.75) is 52.2 Å². The van der Waals surface area contributed by atoms with Gasteiger partial charge in [-0.15, -0.1) is 0 Å². The number of azo groups is 1. The molecular weight excluding hydrogens is 616 g/mol. The Morgan fingerprint density at radius 3 is 2.26 bits per heavy atom. The molecule has 0 atom stereocenters. The Morgan fingerprint density at radius 1 is 0.913 bits per heavy atom. The van der Waals surface area contributed by atoms with Gasteiger partial charge < -0.3 is 34.7 Å². The SMILES string of the molecule is CC(C)(C)OC(=O)N=NC(=O)OC(C)(C)CCNC(=S)Nc1ccc(-c2c3ccc(=O)cc-3oc3cc(O)ccc23)c(C(=O)O)c1. The highest BCUT2D eigenvalue weighted by Crippen LogP contribution is 2.42. The molecule has 2 amide bonds. The molecule has 46 heavy (non-hydrogen) atoms. The van der Waals surface area contributed by atoms with Gasteiger partial charge in [0.1, 0.15) is 28.3 Å². The molecule has 1 aliphatic heterocycles. The third-order valence-corrected chi connectivity index (χ3v) is 6.68. The van der Waals surface area contributed by atoms with Crippen LogP contribution < -0.4 is 16.1 Å². The number of phenolic OH excluding ortho intramolecular Hbond substituents is 1. The first-order valence-corrected chi connectivity index (χ1v) is 14.4. The van der Waals surface area contributed by atoms with E-state index in [1.54, 1.807) is 58.9 Å². The van der Waals surface area contributed by atoms with Gasteiger partial charge in [0.15, 0.2) is 10.5 Å². The molecule has 0 radical (unpaired) electrons. The van der Waals surface area contributed by atoms with Crippen LogP contribution in [0.1, 0.15) is 51.4 Å². The van der Waals surface area contributed by atoms with Gasteiger partial charge in [-0.25, -0.2) is 14.4 Å². The van der Waals surface area contributed by atoms with E-state index in [2.05, 4.69) is 20.9 Å². The highest BCUT2D eigenvalue weighted by molar-refractivity contribution is 7.80. The van der Waals surface area contributed by atoms with Crippen molar-refractivity contribution in [3.05, 3.63) is 70.4 Å². The highest BCUT2D eigenvalue weighted by atomic mass is 32.1. The summed E-state index contributed by atoms with van der Waals surface area (Å²) in [7, 11) is 0. The van der Waals surface area contributed by atoms with Crippen molar-refractivity contribution < 1.29 is 38.5 Å². The van der Waals surface area contributed by atoms with E-state index in [-0.39, 0.29) is 39.7 Å². The molecule has 0 fully saturated rings. The lowest BCUT2D eigenvalue weighted by atomic mass is 9.90. The van der Waals surface area contributed by atoms with Crippen LogP contribution >= 0.6 is 12.2 Å². The van der Waals surface area contributed by atoms with E-state index in [1.807, 2.05) is 0 Å². The van der Waals surface area contributed by atoms with Crippen LogP contribution in [0.2, 0.25) is 0 Å².